The first-order valence-electron chi connectivity index (χ1n) is 5.93. The summed E-state index contributed by atoms with van der Waals surface area (Å²) in [6.45, 7) is 6.91. The maximum atomic E-state index is 11.6. The van der Waals surface area contributed by atoms with Gasteiger partial charge in [-0.05, 0) is 36.1 Å². The summed E-state index contributed by atoms with van der Waals surface area (Å²) in [7, 11) is 0. The standard InChI is InChI=1S/C14H19ClO2/c1-4-11-7-12(17-9-10(2)3)5-6-13(11)14(16)8-15/h5-7,10H,4,8-9H2,1-3H3. The number of benzene rings is 1. The van der Waals surface area contributed by atoms with Crippen LogP contribution in [-0.2, 0) is 6.42 Å². The van der Waals surface area contributed by atoms with Crippen LogP contribution in [0.2, 0.25) is 0 Å². The summed E-state index contributed by atoms with van der Waals surface area (Å²) in [5, 5.41) is 0. The Hall–Kier alpha value is -1.02. The second kappa shape index (κ2) is 6.65. The highest BCUT2D eigenvalue weighted by atomic mass is 35.5. The average molecular weight is 255 g/mol. The smallest absolute Gasteiger partial charge is 0.177 e. The first kappa shape index (κ1) is 14.0. The number of carbonyl (C=O) groups is 1. The van der Waals surface area contributed by atoms with E-state index in [4.69, 9.17) is 16.3 Å². The van der Waals surface area contributed by atoms with E-state index in [1.165, 1.54) is 0 Å². The molecule has 94 valence electrons. The molecule has 0 fully saturated rings. The van der Waals surface area contributed by atoms with E-state index >= 15 is 0 Å². The van der Waals surface area contributed by atoms with Gasteiger partial charge in [-0.25, -0.2) is 0 Å². The van der Waals surface area contributed by atoms with Crippen LogP contribution in [0.3, 0.4) is 0 Å². The zero-order valence-corrected chi connectivity index (χ0v) is 11.4. The minimum absolute atomic E-state index is 0.0270. The van der Waals surface area contributed by atoms with Crippen LogP contribution in [0.15, 0.2) is 18.2 Å². The number of halogens is 1. The van der Waals surface area contributed by atoms with Gasteiger partial charge in [-0.3, -0.25) is 4.79 Å². The highest BCUT2D eigenvalue weighted by molar-refractivity contribution is 6.30. The van der Waals surface area contributed by atoms with E-state index in [1.54, 1.807) is 6.07 Å². The molecule has 1 rings (SSSR count). The van der Waals surface area contributed by atoms with Gasteiger partial charge >= 0.3 is 0 Å². The number of ketones is 1. The maximum absolute atomic E-state index is 11.6. The highest BCUT2D eigenvalue weighted by Crippen LogP contribution is 2.20. The molecule has 0 radical (unpaired) electrons. The van der Waals surface area contributed by atoms with Crippen LogP contribution in [0, 0.1) is 5.92 Å². The van der Waals surface area contributed by atoms with Gasteiger partial charge in [0.25, 0.3) is 0 Å². The minimum Gasteiger partial charge on any atom is -0.493 e. The lowest BCUT2D eigenvalue weighted by molar-refractivity contribution is 0.102. The molecule has 0 N–H and O–H groups in total. The second-order valence-electron chi connectivity index (χ2n) is 4.43. The summed E-state index contributed by atoms with van der Waals surface area (Å²) in [6, 6.07) is 5.57. The number of hydrogen-bond donors (Lipinski definition) is 0. The van der Waals surface area contributed by atoms with Gasteiger partial charge in [0.15, 0.2) is 5.78 Å². The normalized spacial score (nSPS) is 10.6. The molecule has 0 aromatic heterocycles. The summed E-state index contributed by atoms with van der Waals surface area (Å²) < 4.78 is 5.63. The highest BCUT2D eigenvalue weighted by Gasteiger charge is 2.10. The van der Waals surface area contributed by atoms with Crippen LogP contribution in [0.25, 0.3) is 0 Å². The Morgan fingerprint density at radius 3 is 2.65 bits per heavy atom. The lowest BCUT2D eigenvalue weighted by Gasteiger charge is -2.11. The van der Waals surface area contributed by atoms with E-state index < -0.39 is 0 Å². The van der Waals surface area contributed by atoms with Crippen molar-refractivity contribution < 1.29 is 9.53 Å². The van der Waals surface area contributed by atoms with Crippen LogP contribution in [0.5, 0.6) is 5.75 Å². The lowest BCUT2D eigenvalue weighted by Crippen LogP contribution is -2.07. The van der Waals surface area contributed by atoms with Crippen molar-refractivity contribution in [1.82, 2.24) is 0 Å². The predicted molar refractivity (Wildman–Crippen MR) is 71.2 cm³/mol. The fourth-order valence-electron chi connectivity index (χ4n) is 1.56. The van der Waals surface area contributed by atoms with Crippen molar-refractivity contribution in [2.24, 2.45) is 5.92 Å². The van der Waals surface area contributed by atoms with Crippen molar-refractivity contribution >= 4 is 17.4 Å². The van der Waals surface area contributed by atoms with Gasteiger partial charge < -0.3 is 4.74 Å². The van der Waals surface area contributed by atoms with Gasteiger partial charge in [0, 0.05) is 5.56 Å². The average Bonchev–Trinajstić information content (AvgIpc) is 2.34. The molecule has 0 aliphatic heterocycles. The van der Waals surface area contributed by atoms with E-state index in [0.717, 1.165) is 17.7 Å². The molecule has 3 heteroatoms. The second-order valence-corrected chi connectivity index (χ2v) is 4.70. The third-order valence-electron chi connectivity index (χ3n) is 2.46. The molecule has 0 amide bonds. The SMILES string of the molecule is CCc1cc(OCC(C)C)ccc1C(=O)CCl. The monoisotopic (exact) mass is 254 g/mol. The number of ether oxygens (including phenoxy) is 1. The molecule has 0 spiro atoms. The van der Waals surface area contributed by atoms with Crippen LogP contribution >= 0.6 is 11.6 Å². The van der Waals surface area contributed by atoms with Crippen molar-refractivity contribution in [3.05, 3.63) is 29.3 Å². The Kier molecular flexibility index (Phi) is 5.49. The van der Waals surface area contributed by atoms with Crippen molar-refractivity contribution in [2.45, 2.75) is 27.2 Å². The summed E-state index contributed by atoms with van der Waals surface area (Å²) >= 11 is 5.58. The Balaban J connectivity index is 2.88. The first-order valence-corrected chi connectivity index (χ1v) is 6.46. The number of aryl methyl sites for hydroxylation is 1. The Morgan fingerprint density at radius 2 is 2.12 bits per heavy atom. The Morgan fingerprint density at radius 1 is 1.41 bits per heavy atom. The van der Waals surface area contributed by atoms with Crippen molar-refractivity contribution in [3.63, 3.8) is 0 Å². The molecule has 1 aromatic carbocycles. The van der Waals surface area contributed by atoms with E-state index in [1.807, 2.05) is 19.1 Å². The van der Waals surface area contributed by atoms with E-state index in [-0.39, 0.29) is 11.7 Å². The van der Waals surface area contributed by atoms with Gasteiger partial charge in [-0.1, -0.05) is 20.8 Å². The van der Waals surface area contributed by atoms with Crippen LogP contribution in [-0.4, -0.2) is 18.3 Å². The Labute approximate surface area is 108 Å². The number of carbonyl (C=O) groups excluding carboxylic acids is 1. The third kappa shape index (κ3) is 4.04. The zero-order valence-electron chi connectivity index (χ0n) is 10.6. The fourth-order valence-corrected chi connectivity index (χ4v) is 1.70. The van der Waals surface area contributed by atoms with Crippen LogP contribution < -0.4 is 4.74 Å². The third-order valence-corrected chi connectivity index (χ3v) is 2.71. The number of alkyl halides is 1. The van der Waals surface area contributed by atoms with Crippen molar-refractivity contribution in [2.75, 3.05) is 12.5 Å². The molecule has 1 aromatic rings. The fraction of sp³-hybridized carbons (Fsp3) is 0.500. The number of hydrogen-bond acceptors (Lipinski definition) is 2. The number of rotatable bonds is 6. The summed E-state index contributed by atoms with van der Waals surface area (Å²) in [6.07, 6.45) is 0.802. The summed E-state index contributed by atoms with van der Waals surface area (Å²) in [4.78, 5) is 11.6. The summed E-state index contributed by atoms with van der Waals surface area (Å²) in [5.41, 5.74) is 1.70. The van der Waals surface area contributed by atoms with Crippen molar-refractivity contribution in [3.8, 4) is 5.75 Å². The molecule has 0 bridgehead atoms. The molecule has 0 saturated heterocycles. The molecule has 0 heterocycles. The largest absolute Gasteiger partial charge is 0.493 e. The molecule has 0 saturated carbocycles. The van der Waals surface area contributed by atoms with Gasteiger partial charge in [-0.15, -0.1) is 11.6 Å². The van der Waals surface area contributed by atoms with Crippen molar-refractivity contribution in [1.29, 1.82) is 0 Å². The van der Waals surface area contributed by atoms with Crippen LogP contribution in [0.1, 0.15) is 36.7 Å². The number of Topliss-reactive ketones (excluding diaryl/α,β-unsaturated/α-hetero) is 1. The molecule has 0 unspecified atom stereocenters. The molecular formula is C14H19ClO2. The van der Waals surface area contributed by atoms with E-state index in [9.17, 15) is 4.79 Å². The van der Waals surface area contributed by atoms with Gasteiger partial charge in [0.2, 0.25) is 0 Å². The van der Waals surface area contributed by atoms with Gasteiger partial charge in [-0.2, -0.15) is 0 Å². The minimum atomic E-state index is -0.0288. The molecule has 2 nitrogen and oxygen atoms in total. The molecule has 0 atom stereocenters. The topological polar surface area (TPSA) is 26.3 Å². The molecule has 17 heavy (non-hydrogen) atoms. The molecule has 0 aliphatic carbocycles. The quantitative estimate of drug-likeness (QED) is 0.572. The van der Waals surface area contributed by atoms with Gasteiger partial charge in [0.05, 0.1) is 12.5 Å². The predicted octanol–water partition coefficient (Wildman–Crippen LogP) is 3.71. The summed E-state index contributed by atoms with van der Waals surface area (Å²) in [5.74, 6) is 1.31. The van der Waals surface area contributed by atoms with Gasteiger partial charge in [0.1, 0.15) is 5.75 Å². The van der Waals surface area contributed by atoms with E-state index in [0.29, 0.717) is 18.1 Å². The molecular weight excluding hydrogens is 236 g/mol. The van der Waals surface area contributed by atoms with Crippen LogP contribution in [0.4, 0.5) is 0 Å². The van der Waals surface area contributed by atoms with E-state index in [2.05, 4.69) is 13.8 Å². The Bertz CT molecular complexity index is 386. The molecule has 0 aliphatic rings. The maximum Gasteiger partial charge on any atom is 0.177 e. The zero-order chi connectivity index (χ0) is 12.8. The lowest BCUT2D eigenvalue weighted by atomic mass is 10.0. The first-order chi connectivity index (χ1) is 8.08.